The van der Waals surface area contributed by atoms with E-state index in [0.717, 1.165) is 13.0 Å². The molecule has 1 unspecified atom stereocenters. The Morgan fingerprint density at radius 3 is 2.83 bits per heavy atom. The van der Waals surface area contributed by atoms with Crippen LogP contribution in [-0.2, 0) is 9.59 Å². The molecule has 0 saturated carbocycles. The van der Waals surface area contributed by atoms with Gasteiger partial charge in [0.05, 0.1) is 11.5 Å². The summed E-state index contributed by atoms with van der Waals surface area (Å²) in [6.07, 6.45) is 0.936. The molecule has 1 aliphatic heterocycles. The summed E-state index contributed by atoms with van der Waals surface area (Å²) >= 11 is 1.30. The number of likely N-dealkylation sites (tertiary alicyclic amines) is 1. The largest absolute Gasteiger partial charge is 0.360 e. The minimum Gasteiger partial charge on any atom is -0.360 e. The lowest BCUT2D eigenvalue weighted by atomic mass is 9.90. The van der Waals surface area contributed by atoms with Crippen LogP contribution in [0.4, 0.5) is 5.82 Å². The third-order valence-corrected chi connectivity index (χ3v) is 4.67. The zero-order valence-corrected chi connectivity index (χ0v) is 15.0. The van der Waals surface area contributed by atoms with Gasteiger partial charge in [-0.2, -0.15) is 0 Å². The monoisotopic (exact) mass is 362 g/mol. The van der Waals surface area contributed by atoms with Gasteiger partial charge in [0.1, 0.15) is 5.76 Å². The number of halogens is 1. The smallest absolute Gasteiger partial charge is 0.235 e. The zero-order chi connectivity index (χ0) is 16.2. The first-order valence-corrected chi connectivity index (χ1v) is 8.36. The van der Waals surface area contributed by atoms with Crippen LogP contribution in [0.5, 0.6) is 0 Å². The first-order valence-electron chi connectivity index (χ1n) is 7.21. The van der Waals surface area contributed by atoms with Crippen LogP contribution in [0.15, 0.2) is 10.6 Å². The van der Waals surface area contributed by atoms with E-state index in [-0.39, 0.29) is 35.4 Å². The fraction of sp³-hybridized carbons (Fsp3) is 0.643. The van der Waals surface area contributed by atoms with Gasteiger partial charge in [0.25, 0.3) is 0 Å². The molecular formula is C14H23ClN4O3S. The molecule has 1 aliphatic rings. The fourth-order valence-corrected chi connectivity index (χ4v) is 3.05. The second kappa shape index (κ2) is 8.56. The van der Waals surface area contributed by atoms with Gasteiger partial charge in [0.2, 0.25) is 11.8 Å². The maximum absolute atomic E-state index is 12.1. The summed E-state index contributed by atoms with van der Waals surface area (Å²) < 4.78 is 4.86. The minimum atomic E-state index is -0.195. The number of hydrogen-bond acceptors (Lipinski definition) is 6. The van der Waals surface area contributed by atoms with Gasteiger partial charge in [0, 0.05) is 19.2 Å². The van der Waals surface area contributed by atoms with Crippen molar-refractivity contribution in [3.05, 3.63) is 11.8 Å². The molecule has 23 heavy (non-hydrogen) atoms. The third kappa shape index (κ3) is 5.71. The lowest BCUT2D eigenvalue weighted by molar-refractivity contribution is -0.127. The van der Waals surface area contributed by atoms with Crippen LogP contribution in [-0.4, -0.2) is 53.0 Å². The summed E-state index contributed by atoms with van der Waals surface area (Å²) in [5.41, 5.74) is 5.77. The van der Waals surface area contributed by atoms with Crippen LogP contribution < -0.4 is 11.1 Å². The highest BCUT2D eigenvalue weighted by Gasteiger charge is 2.34. The molecular weight excluding hydrogens is 340 g/mol. The number of aryl methyl sites for hydroxylation is 1. The quantitative estimate of drug-likeness (QED) is 0.790. The molecule has 9 heteroatoms. The maximum atomic E-state index is 12.1. The number of nitrogens with zero attached hydrogens (tertiary/aromatic N) is 2. The predicted octanol–water partition coefficient (Wildman–Crippen LogP) is 1.27. The molecule has 2 amide bonds. The van der Waals surface area contributed by atoms with E-state index >= 15 is 0 Å². The summed E-state index contributed by atoms with van der Waals surface area (Å²) in [6.45, 7) is 5.89. The number of thioether (sulfide) groups is 1. The van der Waals surface area contributed by atoms with E-state index in [1.165, 1.54) is 11.8 Å². The summed E-state index contributed by atoms with van der Waals surface area (Å²) in [6, 6.07) is 1.64. The van der Waals surface area contributed by atoms with Crippen LogP contribution in [0.3, 0.4) is 0 Å². The lowest BCUT2D eigenvalue weighted by Gasteiger charge is -2.22. The number of rotatable bonds is 6. The van der Waals surface area contributed by atoms with Gasteiger partial charge >= 0.3 is 0 Å². The molecule has 7 nitrogen and oxygen atoms in total. The summed E-state index contributed by atoms with van der Waals surface area (Å²) in [5.74, 6) is 1.40. The molecule has 1 saturated heterocycles. The van der Waals surface area contributed by atoms with Gasteiger partial charge in [-0.3, -0.25) is 9.59 Å². The number of nitrogens with one attached hydrogen (secondary N) is 1. The van der Waals surface area contributed by atoms with E-state index in [9.17, 15) is 9.59 Å². The Morgan fingerprint density at radius 2 is 2.26 bits per heavy atom. The molecule has 1 aromatic heterocycles. The van der Waals surface area contributed by atoms with Gasteiger partial charge in [-0.05, 0) is 25.3 Å². The second-order valence-corrected chi connectivity index (χ2v) is 6.93. The van der Waals surface area contributed by atoms with Crippen molar-refractivity contribution in [3.63, 3.8) is 0 Å². The molecule has 0 radical (unpaired) electrons. The van der Waals surface area contributed by atoms with Gasteiger partial charge in [-0.15, -0.1) is 24.2 Å². The Kier molecular flexibility index (Phi) is 7.37. The fourth-order valence-electron chi connectivity index (χ4n) is 2.33. The highest BCUT2D eigenvalue weighted by Crippen LogP contribution is 2.28. The van der Waals surface area contributed by atoms with Gasteiger partial charge < -0.3 is 20.5 Å². The molecule has 1 atom stereocenters. The number of hydrogen-bond donors (Lipinski definition) is 2. The molecule has 0 bridgehead atoms. The first-order chi connectivity index (χ1) is 10.4. The number of aromatic nitrogens is 1. The maximum Gasteiger partial charge on any atom is 0.235 e. The standard InChI is InChI=1S/C14H22N4O3S.ClH/c1-10-5-11(17-21-10)16-12(19)6-22-7-13(20)18-4-3-14(2,8-15)9-18;/h5H,3-4,6-9,15H2,1-2H3,(H,16,17,19);1H. The van der Waals surface area contributed by atoms with Crippen molar-refractivity contribution in [2.75, 3.05) is 36.5 Å². The summed E-state index contributed by atoms with van der Waals surface area (Å²) in [5, 5.41) is 6.31. The third-order valence-electron chi connectivity index (χ3n) is 3.76. The predicted molar refractivity (Wildman–Crippen MR) is 92.8 cm³/mol. The Balaban J connectivity index is 0.00000264. The summed E-state index contributed by atoms with van der Waals surface area (Å²) in [4.78, 5) is 25.6. The zero-order valence-electron chi connectivity index (χ0n) is 13.3. The van der Waals surface area contributed by atoms with E-state index in [4.69, 9.17) is 10.3 Å². The van der Waals surface area contributed by atoms with Crippen molar-refractivity contribution in [3.8, 4) is 0 Å². The molecule has 0 aliphatic carbocycles. The van der Waals surface area contributed by atoms with E-state index in [2.05, 4.69) is 17.4 Å². The van der Waals surface area contributed by atoms with Crippen molar-refractivity contribution in [2.24, 2.45) is 11.1 Å². The van der Waals surface area contributed by atoms with E-state index in [0.29, 0.717) is 30.4 Å². The minimum absolute atomic E-state index is 0. The summed E-state index contributed by atoms with van der Waals surface area (Å²) in [7, 11) is 0. The molecule has 0 spiro atoms. The van der Waals surface area contributed by atoms with Crippen molar-refractivity contribution >= 4 is 41.8 Å². The Morgan fingerprint density at radius 1 is 1.52 bits per heavy atom. The topological polar surface area (TPSA) is 101 Å². The molecule has 1 fully saturated rings. The molecule has 130 valence electrons. The number of nitrogens with two attached hydrogens (primary N) is 1. The van der Waals surface area contributed by atoms with Crippen LogP contribution >= 0.6 is 24.2 Å². The lowest BCUT2D eigenvalue weighted by Crippen LogP contribution is -2.35. The number of amides is 2. The molecule has 1 aromatic rings. The van der Waals surface area contributed by atoms with Crippen LogP contribution in [0.2, 0.25) is 0 Å². The normalized spacial score (nSPS) is 20.2. The Hall–Kier alpha value is -1.25. The average Bonchev–Trinajstić information content (AvgIpc) is 3.06. The van der Waals surface area contributed by atoms with Crippen LogP contribution in [0.1, 0.15) is 19.1 Å². The Labute approximate surface area is 146 Å². The SMILES string of the molecule is Cc1cc(NC(=O)CSCC(=O)N2CCC(C)(CN)C2)no1.Cl. The van der Waals surface area contributed by atoms with Crippen molar-refractivity contribution in [1.29, 1.82) is 0 Å². The highest BCUT2D eigenvalue weighted by molar-refractivity contribution is 8.00. The van der Waals surface area contributed by atoms with Crippen LogP contribution in [0, 0.1) is 12.3 Å². The van der Waals surface area contributed by atoms with Gasteiger partial charge in [-0.25, -0.2) is 0 Å². The molecule has 3 N–H and O–H groups in total. The number of carbonyl (C=O) groups excluding carboxylic acids is 2. The van der Waals surface area contributed by atoms with Crippen molar-refractivity contribution in [2.45, 2.75) is 20.3 Å². The van der Waals surface area contributed by atoms with Gasteiger partial charge in [-0.1, -0.05) is 12.1 Å². The van der Waals surface area contributed by atoms with E-state index in [1.54, 1.807) is 13.0 Å². The second-order valence-electron chi connectivity index (χ2n) is 5.94. The number of carbonyl (C=O) groups is 2. The van der Waals surface area contributed by atoms with E-state index in [1.807, 2.05) is 4.90 Å². The average molecular weight is 363 g/mol. The Bertz CT molecular complexity index is 554. The van der Waals surface area contributed by atoms with Crippen LogP contribution in [0.25, 0.3) is 0 Å². The number of anilines is 1. The van der Waals surface area contributed by atoms with Gasteiger partial charge in [0.15, 0.2) is 5.82 Å². The van der Waals surface area contributed by atoms with Crippen molar-refractivity contribution < 1.29 is 14.1 Å². The molecule has 2 heterocycles. The highest BCUT2D eigenvalue weighted by atomic mass is 35.5. The molecule has 0 aromatic carbocycles. The van der Waals surface area contributed by atoms with E-state index < -0.39 is 0 Å². The first kappa shape index (κ1) is 19.8. The molecule has 2 rings (SSSR count). The van der Waals surface area contributed by atoms with Crippen molar-refractivity contribution in [1.82, 2.24) is 10.1 Å².